The Morgan fingerprint density at radius 1 is 1.53 bits per heavy atom. The second kappa shape index (κ2) is 6.85. The minimum Gasteiger partial charge on any atom is -0.330 e. The number of hydrogen-bond donors (Lipinski definition) is 1. The lowest BCUT2D eigenvalue weighted by atomic mass is 9.96. The minimum atomic E-state index is 0.00151. The Bertz CT molecular complexity index is 407. The highest BCUT2D eigenvalue weighted by atomic mass is 16.1. The summed E-state index contributed by atoms with van der Waals surface area (Å²) in [6, 6.07) is 2.53. The van der Waals surface area contributed by atoms with Crippen LogP contribution in [0.5, 0.6) is 0 Å². The third kappa shape index (κ3) is 3.66. The third-order valence-corrected chi connectivity index (χ3v) is 4.09. The van der Waals surface area contributed by atoms with Crippen molar-refractivity contribution >= 4 is 5.78 Å². The Morgan fingerprint density at radius 2 is 2.26 bits per heavy atom. The molecular formula is C15H25N3O. The largest absolute Gasteiger partial charge is 0.330 e. The van der Waals surface area contributed by atoms with Gasteiger partial charge in [0, 0.05) is 18.7 Å². The van der Waals surface area contributed by atoms with Gasteiger partial charge in [0.05, 0.1) is 18.2 Å². The lowest BCUT2D eigenvalue weighted by Gasteiger charge is -2.11. The molecule has 2 rings (SSSR count). The van der Waals surface area contributed by atoms with E-state index in [-0.39, 0.29) is 11.7 Å². The minimum absolute atomic E-state index is 0.00151. The molecule has 1 fully saturated rings. The van der Waals surface area contributed by atoms with Crippen molar-refractivity contribution in [3.8, 4) is 0 Å². The molecular weight excluding hydrogens is 238 g/mol. The van der Waals surface area contributed by atoms with Crippen LogP contribution >= 0.6 is 0 Å². The summed E-state index contributed by atoms with van der Waals surface area (Å²) in [7, 11) is 0. The molecule has 0 saturated heterocycles. The van der Waals surface area contributed by atoms with Crippen molar-refractivity contribution in [1.29, 1.82) is 0 Å². The molecule has 0 aliphatic heterocycles. The van der Waals surface area contributed by atoms with E-state index in [2.05, 4.69) is 12.0 Å². The van der Waals surface area contributed by atoms with Crippen molar-refractivity contribution in [1.82, 2.24) is 9.78 Å². The van der Waals surface area contributed by atoms with Crippen LogP contribution in [-0.2, 0) is 11.2 Å². The van der Waals surface area contributed by atoms with Crippen LogP contribution in [-0.4, -0.2) is 22.1 Å². The predicted octanol–water partition coefficient (Wildman–Crippen LogP) is 2.48. The van der Waals surface area contributed by atoms with Gasteiger partial charge in [-0.2, -0.15) is 5.10 Å². The maximum absolute atomic E-state index is 12.1. The molecule has 0 bridgehead atoms. The smallest absolute Gasteiger partial charge is 0.143 e. The van der Waals surface area contributed by atoms with Gasteiger partial charge in [-0.15, -0.1) is 0 Å². The fourth-order valence-electron chi connectivity index (χ4n) is 2.93. The van der Waals surface area contributed by atoms with Crippen LogP contribution < -0.4 is 5.73 Å². The first-order chi connectivity index (χ1) is 9.24. The van der Waals surface area contributed by atoms with Gasteiger partial charge in [0.25, 0.3) is 0 Å². The normalized spacial score (nSPS) is 17.8. The van der Waals surface area contributed by atoms with E-state index < -0.39 is 0 Å². The molecule has 19 heavy (non-hydrogen) atoms. The fraction of sp³-hybridized carbons (Fsp3) is 0.733. The van der Waals surface area contributed by atoms with E-state index >= 15 is 0 Å². The first kappa shape index (κ1) is 14.3. The SMILES string of the molecule is CCCC(CN)C(=O)Cc1ccn(C2CCCC2)n1. The first-order valence-electron chi connectivity index (χ1n) is 7.51. The molecule has 4 heteroatoms. The Kier molecular flexibility index (Phi) is 5.14. The molecule has 2 N–H and O–H groups in total. The molecule has 1 aromatic heterocycles. The molecule has 0 amide bonds. The van der Waals surface area contributed by atoms with E-state index in [1.165, 1.54) is 25.7 Å². The average Bonchev–Trinajstić information content (AvgIpc) is 3.05. The highest BCUT2D eigenvalue weighted by Crippen LogP contribution is 2.28. The summed E-state index contributed by atoms with van der Waals surface area (Å²) in [5.74, 6) is 0.239. The molecule has 1 aromatic rings. The number of Topliss-reactive ketones (excluding diaryl/α,β-unsaturated/α-hetero) is 1. The number of hydrogen-bond acceptors (Lipinski definition) is 3. The third-order valence-electron chi connectivity index (χ3n) is 4.09. The van der Waals surface area contributed by atoms with E-state index in [0.717, 1.165) is 18.5 Å². The highest BCUT2D eigenvalue weighted by Gasteiger charge is 2.20. The summed E-state index contributed by atoms with van der Waals surface area (Å²) in [4.78, 5) is 12.1. The standard InChI is InChI=1S/C15H25N3O/c1-2-5-12(11-16)15(19)10-13-8-9-18(17-13)14-6-3-4-7-14/h8-9,12,14H,2-7,10-11,16H2,1H3. The van der Waals surface area contributed by atoms with Crippen LogP contribution in [0.2, 0.25) is 0 Å². The van der Waals surface area contributed by atoms with Crippen LogP contribution in [0.15, 0.2) is 12.3 Å². The Balaban J connectivity index is 1.93. The Labute approximate surface area is 115 Å². The first-order valence-corrected chi connectivity index (χ1v) is 7.51. The van der Waals surface area contributed by atoms with Crippen molar-refractivity contribution in [3.63, 3.8) is 0 Å². The highest BCUT2D eigenvalue weighted by molar-refractivity contribution is 5.83. The molecule has 0 radical (unpaired) electrons. The van der Waals surface area contributed by atoms with Gasteiger partial charge in [-0.3, -0.25) is 9.48 Å². The second-order valence-electron chi connectivity index (χ2n) is 5.59. The molecule has 1 saturated carbocycles. The summed E-state index contributed by atoms with van der Waals surface area (Å²) in [6.07, 6.45) is 9.38. The maximum atomic E-state index is 12.1. The number of carbonyl (C=O) groups is 1. The summed E-state index contributed by atoms with van der Waals surface area (Å²) < 4.78 is 2.05. The summed E-state index contributed by atoms with van der Waals surface area (Å²) in [6.45, 7) is 2.54. The molecule has 0 aromatic carbocycles. The summed E-state index contributed by atoms with van der Waals surface area (Å²) in [5, 5.41) is 4.56. The molecule has 1 atom stereocenters. The van der Waals surface area contributed by atoms with Crippen LogP contribution in [0.1, 0.15) is 57.2 Å². The number of carbonyl (C=O) groups excluding carboxylic acids is 1. The number of aromatic nitrogens is 2. The lowest BCUT2D eigenvalue weighted by Crippen LogP contribution is -2.25. The molecule has 106 valence electrons. The van der Waals surface area contributed by atoms with Crippen molar-refractivity contribution in [3.05, 3.63) is 18.0 Å². The molecule has 4 nitrogen and oxygen atoms in total. The molecule has 1 aliphatic rings. The molecule has 1 aliphatic carbocycles. The van der Waals surface area contributed by atoms with E-state index in [1.807, 2.05) is 16.9 Å². The number of rotatable bonds is 7. The lowest BCUT2D eigenvalue weighted by molar-refractivity contribution is -0.122. The quantitative estimate of drug-likeness (QED) is 0.822. The van der Waals surface area contributed by atoms with Crippen LogP contribution in [0.3, 0.4) is 0 Å². The summed E-state index contributed by atoms with van der Waals surface area (Å²) >= 11 is 0. The zero-order valence-electron chi connectivity index (χ0n) is 11.8. The van der Waals surface area contributed by atoms with Gasteiger partial charge in [-0.25, -0.2) is 0 Å². The zero-order chi connectivity index (χ0) is 13.7. The maximum Gasteiger partial charge on any atom is 0.143 e. The molecule has 0 spiro atoms. The van der Waals surface area contributed by atoms with Gasteiger partial charge in [-0.05, 0) is 25.3 Å². The number of nitrogens with zero attached hydrogens (tertiary/aromatic N) is 2. The number of nitrogens with two attached hydrogens (primary N) is 1. The molecule has 1 unspecified atom stereocenters. The average molecular weight is 263 g/mol. The van der Waals surface area contributed by atoms with E-state index in [0.29, 0.717) is 19.0 Å². The van der Waals surface area contributed by atoms with Crippen molar-refractivity contribution in [2.24, 2.45) is 11.7 Å². The Morgan fingerprint density at radius 3 is 2.89 bits per heavy atom. The topological polar surface area (TPSA) is 60.9 Å². The fourth-order valence-corrected chi connectivity index (χ4v) is 2.93. The van der Waals surface area contributed by atoms with Gasteiger partial charge >= 0.3 is 0 Å². The van der Waals surface area contributed by atoms with Crippen LogP contribution in [0, 0.1) is 5.92 Å². The van der Waals surface area contributed by atoms with Crippen LogP contribution in [0.4, 0.5) is 0 Å². The predicted molar refractivity (Wildman–Crippen MR) is 75.9 cm³/mol. The van der Waals surface area contributed by atoms with Gasteiger partial charge in [0.1, 0.15) is 5.78 Å². The van der Waals surface area contributed by atoms with Crippen LogP contribution in [0.25, 0.3) is 0 Å². The van der Waals surface area contributed by atoms with Gasteiger partial charge in [-0.1, -0.05) is 26.2 Å². The monoisotopic (exact) mass is 263 g/mol. The van der Waals surface area contributed by atoms with E-state index in [4.69, 9.17) is 5.73 Å². The van der Waals surface area contributed by atoms with E-state index in [1.54, 1.807) is 0 Å². The van der Waals surface area contributed by atoms with Crippen molar-refractivity contribution < 1.29 is 4.79 Å². The van der Waals surface area contributed by atoms with E-state index in [9.17, 15) is 4.79 Å². The molecule has 1 heterocycles. The van der Waals surface area contributed by atoms with Gasteiger partial charge in [0.15, 0.2) is 0 Å². The second-order valence-corrected chi connectivity index (χ2v) is 5.59. The number of ketones is 1. The van der Waals surface area contributed by atoms with Crippen molar-refractivity contribution in [2.75, 3.05) is 6.54 Å². The van der Waals surface area contributed by atoms with Gasteiger partial charge < -0.3 is 5.73 Å². The summed E-state index contributed by atoms with van der Waals surface area (Å²) in [5.41, 5.74) is 6.57. The van der Waals surface area contributed by atoms with Crippen molar-refractivity contribution in [2.45, 2.75) is 57.9 Å². The van der Waals surface area contributed by atoms with Gasteiger partial charge in [0.2, 0.25) is 0 Å². The zero-order valence-corrected chi connectivity index (χ0v) is 11.8. The Hall–Kier alpha value is -1.16.